The maximum Gasteiger partial charge on any atom is 0.323 e. The van der Waals surface area contributed by atoms with Crippen molar-refractivity contribution in [2.45, 2.75) is 103 Å². The second-order valence-electron chi connectivity index (χ2n) is 12.6. The molecule has 4 rings (SSSR count). The number of carbonyl (C=O) groups excluding carboxylic acids is 2. The van der Waals surface area contributed by atoms with E-state index in [1.54, 1.807) is 0 Å². The fraction of sp³-hybridized carbons (Fsp3) is 0.926. The predicted octanol–water partition coefficient (Wildman–Crippen LogP) is 4.42. The van der Waals surface area contributed by atoms with Gasteiger partial charge in [-0.2, -0.15) is 0 Å². The molecule has 4 aliphatic carbocycles. The molecule has 0 aromatic heterocycles. The van der Waals surface area contributed by atoms with E-state index in [4.69, 9.17) is 16.2 Å². The Morgan fingerprint density at radius 3 is 2.34 bits per heavy atom. The number of esters is 1. The van der Waals surface area contributed by atoms with Crippen LogP contribution in [0.3, 0.4) is 0 Å². The Kier molecular flexibility index (Phi) is 10.2. The first-order valence-corrected chi connectivity index (χ1v) is 13.4. The molecule has 4 aliphatic rings. The van der Waals surface area contributed by atoms with E-state index in [1.165, 1.54) is 19.3 Å². The van der Waals surface area contributed by atoms with E-state index >= 15 is 0 Å². The molecule has 0 amide bonds. The van der Waals surface area contributed by atoms with Crippen molar-refractivity contribution in [1.82, 2.24) is 0 Å². The van der Waals surface area contributed by atoms with E-state index in [-0.39, 0.29) is 48.5 Å². The van der Waals surface area contributed by atoms with Crippen molar-refractivity contribution < 1.29 is 19.4 Å². The van der Waals surface area contributed by atoms with Gasteiger partial charge < -0.3 is 21.3 Å². The molecule has 9 atom stereocenters. The topological polar surface area (TPSA) is 116 Å². The molecule has 35 heavy (non-hydrogen) atoms. The molecule has 0 aromatic rings. The molecular formula is C27H48Cl2N2O4. The normalized spacial score (nSPS) is 42.9. The molecule has 0 spiro atoms. The van der Waals surface area contributed by atoms with Crippen molar-refractivity contribution in [1.29, 1.82) is 0 Å². The molecule has 5 N–H and O–H groups in total. The fourth-order valence-corrected chi connectivity index (χ4v) is 8.77. The molecule has 0 aliphatic heterocycles. The van der Waals surface area contributed by atoms with E-state index in [0.29, 0.717) is 48.5 Å². The molecule has 6 nitrogen and oxygen atoms in total. The Hall–Kier alpha value is -0.400. The van der Waals surface area contributed by atoms with Crippen LogP contribution in [0, 0.1) is 40.4 Å². The van der Waals surface area contributed by atoms with Gasteiger partial charge in [-0.25, -0.2) is 0 Å². The highest BCUT2D eigenvalue weighted by atomic mass is 35.5. The average Bonchev–Trinajstić information content (AvgIpc) is 3.13. The number of rotatable bonds is 7. The van der Waals surface area contributed by atoms with Crippen molar-refractivity contribution in [2.75, 3.05) is 13.2 Å². The number of nitrogens with two attached hydrogens (primary N) is 2. The zero-order valence-corrected chi connectivity index (χ0v) is 23.4. The van der Waals surface area contributed by atoms with Crippen molar-refractivity contribution in [2.24, 2.45) is 51.9 Å². The van der Waals surface area contributed by atoms with Crippen molar-refractivity contribution in [3.63, 3.8) is 0 Å². The molecule has 0 saturated heterocycles. The van der Waals surface area contributed by atoms with Crippen LogP contribution in [0.2, 0.25) is 0 Å². The SMILES string of the molecule is C[C@@]1(O)CC[C@@]2(C)C(CC[C@@H]3C2CC[C@]2(C)[C@@H](C(=O)COC(=O)C(N)CCCN)CC[C@@H]32)C1.Cl.Cl. The van der Waals surface area contributed by atoms with Crippen LogP contribution in [0.1, 0.15) is 91.4 Å². The third kappa shape index (κ3) is 5.72. The number of carbonyl (C=O) groups is 2. The molecule has 4 saturated carbocycles. The summed E-state index contributed by atoms with van der Waals surface area (Å²) in [7, 11) is 0. The number of hydrogen-bond acceptors (Lipinski definition) is 6. The van der Waals surface area contributed by atoms with Gasteiger partial charge in [0.1, 0.15) is 12.6 Å². The summed E-state index contributed by atoms with van der Waals surface area (Å²) in [5.74, 6) is 2.15. The van der Waals surface area contributed by atoms with Gasteiger partial charge in [0.05, 0.1) is 5.60 Å². The zero-order valence-electron chi connectivity index (χ0n) is 21.8. The average molecular weight is 536 g/mol. The van der Waals surface area contributed by atoms with Crippen LogP contribution < -0.4 is 11.5 Å². The fourth-order valence-electron chi connectivity index (χ4n) is 8.77. The Balaban J connectivity index is 0.00000216. The second kappa shape index (κ2) is 11.6. The van der Waals surface area contributed by atoms with E-state index in [0.717, 1.165) is 38.5 Å². The minimum Gasteiger partial charge on any atom is -0.457 e. The van der Waals surface area contributed by atoms with Gasteiger partial charge in [0.2, 0.25) is 0 Å². The maximum absolute atomic E-state index is 13.2. The highest BCUT2D eigenvalue weighted by Crippen LogP contribution is 2.68. The van der Waals surface area contributed by atoms with Gasteiger partial charge in [-0.1, -0.05) is 13.8 Å². The van der Waals surface area contributed by atoms with Crippen molar-refractivity contribution in [3.8, 4) is 0 Å². The van der Waals surface area contributed by atoms with E-state index in [2.05, 4.69) is 13.8 Å². The number of hydrogen-bond donors (Lipinski definition) is 3. The number of ketones is 1. The van der Waals surface area contributed by atoms with Crippen LogP contribution in [0.15, 0.2) is 0 Å². The molecule has 0 radical (unpaired) electrons. The van der Waals surface area contributed by atoms with Gasteiger partial charge in [0.15, 0.2) is 5.78 Å². The van der Waals surface area contributed by atoms with Crippen LogP contribution in [-0.4, -0.2) is 41.7 Å². The summed E-state index contributed by atoms with van der Waals surface area (Å²) >= 11 is 0. The third-order valence-corrected chi connectivity index (χ3v) is 10.7. The monoisotopic (exact) mass is 534 g/mol. The molecular weight excluding hydrogens is 487 g/mol. The van der Waals surface area contributed by atoms with Gasteiger partial charge in [0.25, 0.3) is 0 Å². The summed E-state index contributed by atoms with van der Waals surface area (Å²) in [6.45, 7) is 7.19. The first-order chi connectivity index (χ1) is 15.5. The van der Waals surface area contributed by atoms with Crippen LogP contribution in [0.25, 0.3) is 0 Å². The quantitative estimate of drug-likeness (QED) is 0.416. The van der Waals surface area contributed by atoms with Crippen LogP contribution in [0.5, 0.6) is 0 Å². The van der Waals surface area contributed by atoms with Gasteiger partial charge in [-0.05, 0) is 119 Å². The number of Topliss-reactive ketones (excluding diaryl/α,β-unsaturated/α-hetero) is 1. The summed E-state index contributed by atoms with van der Waals surface area (Å²) in [6, 6.07) is -0.698. The minimum atomic E-state index is -0.698. The molecule has 0 heterocycles. The highest BCUT2D eigenvalue weighted by molar-refractivity contribution is 5.86. The predicted molar refractivity (Wildman–Crippen MR) is 143 cm³/mol. The summed E-state index contributed by atoms with van der Waals surface area (Å²) in [5.41, 5.74) is 11.2. The lowest BCUT2D eigenvalue weighted by Gasteiger charge is -2.61. The molecule has 0 aromatic carbocycles. The van der Waals surface area contributed by atoms with E-state index in [9.17, 15) is 14.7 Å². The summed E-state index contributed by atoms with van der Waals surface area (Å²) in [5, 5.41) is 10.7. The van der Waals surface area contributed by atoms with Crippen LogP contribution in [-0.2, 0) is 14.3 Å². The number of aliphatic hydroxyl groups is 1. The highest BCUT2D eigenvalue weighted by Gasteiger charge is 2.61. The standard InChI is InChI=1S/C27H46N2O4.2ClH/c1-25(32)12-13-26(2)17(15-25)6-7-18-19-8-9-21(27(19,3)11-10-20(18)26)23(30)16-33-24(31)22(29)5-4-14-28;;/h17-22,32H,4-16,28-29H2,1-3H3;2*1H/t17?,18-,19-,20?,21+,22?,25+,26-,27-;;/m0../s1. The maximum atomic E-state index is 13.2. The molecule has 204 valence electrons. The summed E-state index contributed by atoms with van der Waals surface area (Å²) in [4.78, 5) is 25.4. The Morgan fingerprint density at radius 2 is 1.66 bits per heavy atom. The van der Waals surface area contributed by atoms with Gasteiger partial charge in [-0.3, -0.25) is 9.59 Å². The van der Waals surface area contributed by atoms with Gasteiger partial charge in [-0.15, -0.1) is 24.8 Å². The molecule has 0 bridgehead atoms. The van der Waals surface area contributed by atoms with Crippen LogP contribution in [0.4, 0.5) is 0 Å². The first kappa shape index (κ1) is 30.8. The lowest BCUT2D eigenvalue weighted by Crippen LogP contribution is -2.55. The van der Waals surface area contributed by atoms with Crippen molar-refractivity contribution >= 4 is 36.6 Å². The van der Waals surface area contributed by atoms with E-state index in [1.807, 2.05) is 6.92 Å². The molecule has 4 fully saturated rings. The molecule has 3 unspecified atom stereocenters. The minimum absolute atomic E-state index is 0. The summed E-state index contributed by atoms with van der Waals surface area (Å²) in [6.07, 6.45) is 10.9. The molecule has 8 heteroatoms. The number of fused-ring (bicyclic) bond motifs is 5. The Morgan fingerprint density at radius 1 is 0.971 bits per heavy atom. The van der Waals surface area contributed by atoms with Crippen molar-refractivity contribution in [3.05, 3.63) is 0 Å². The lowest BCUT2D eigenvalue weighted by atomic mass is 9.44. The smallest absolute Gasteiger partial charge is 0.323 e. The zero-order chi connectivity index (χ0) is 24.0. The second-order valence-corrected chi connectivity index (χ2v) is 12.6. The van der Waals surface area contributed by atoms with Gasteiger partial charge in [0, 0.05) is 5.92 Å². The Bertz CT molecular complexity index is 765. The largest absolute Gasteiger partial charge is 0.457 e. The Labute approximate surface area is 223 Å². The first-order valence-electron chi connectivity index (χ1n) is 13.4. The van der Waals surface area contributed by atoms with Gasteiger partial charge >= 0.3 is 5.97 Å². The lowest BCUT2D eigenvalue weighted by molar-refractivity contribution is -0.157. The van der Waals surface area contributed by atoms with E-state index < -0.39 is 17.6 Å². The number of halogens is 2. The van der Waals surface area contributed by atoms with Crippen LogP contribution >= 0.6 is 24.8 Å². The number of ether oxygens (including phenoxy) is 1. The summed E-state index contributed by atoms with van der Waals surface area (Å²) < 4.78 is 5.33. The third-order valence-electron chi connectivity index (χ3n) is 10.7.